The summed E-state index contributed by atoms with van der Waals surface area (Å²) < 4.78 is 6.31. The quantitative estimate of drug-likeness (QED) is 0.595. The minimum absolute atomic E-state index is 0.00639. The van der Waals surface area contributed by atoms with Crippen molar-refractivity contribution >= 4 is 12.0 Å². The summed E-state index contributed by atoms with van der Waals surface area (Å²) in [6, 6.07) is 5.12. The Balaban J connectivity index is 1.92. The van der Waals surface area contributed by atoms with Gasteiger partial charge in [0.25, 0.3) is 0 Å². The second-order valence-electron chi connectivity index (χ2n) is 7.45. The summed E-state index contributed by atoms with van der Waals surface area (Å²) in [6.07, 6.45) is 9.25. The number of hydrogen-bond acceptors (Lipinski definition) is 2. The van der Waals surface area contributed by atoms with Crippen LogP contribution in [0, 0.1) is 6.92 Å². The van der Waals surface area contributed by atoms with Crippen LogP contribution < -0.4 is 0 Å². The summed E-state index contributed by atoms with van der Waals surface area (Å²) in [5.41, 5.74) is 5.24. The van der Waals surface area contributed by atoms with Crippen LogP contribution in [-0.2, 0) is 16.8 Å². The molecule has 23 heavy (non-hydrogen) atoms. The highest BCUT2D eigenvalue weighted by molar-refractivity contribution is 5.64. The molecule has 0 saturated heterocycles. The van der Waals surface area contributed by atoms with Crippen LogP contribution in [0.15, 0.2) is 17.1 Å². The second kappa shape index (κ2) is 6.64. The summed E-state index contributed by atoms with van der Waals surface area (Å²) in [6.45, 7) is 7.38. The average Bonchev–Trinajstić information content (AvgIpc) is 2.54. The molecular weight excluding hydrogens is 284 g/mol. The van der Waals surface area contributed by atoms with Crippen molar-refractivity contribution in [3.8, 4) is 0 Å². The van der Waals surface area contributed by atoms with Gasteiger partial charge in [0, 0.05) is 13.1 Å². The summed E-state index contributed by atoms with van der Waals surface area (Å²) in [5.74, 6) is 0. The first-order chi connectivity index (χ1) is 11.0. The van der Waals surface area contributed by atoms with E-state index in [0.717, 1.165) is 18.7 Å². The molecule has 1 aliphatic carbocycles. The van der Waals surface area contributed by atoms with E-state index in [1.165, 1.54) is 48.8 Å². The fraction of sp³-hybridized carbons (Fsp3) is 0.650. The molecule has 0 unspecified atom stereocenters. The van der Waals surface area contributed by atoms with Crippen LogP contribution in [0.4, 0.5) is 5.69 Å². The maximum absolute atomic E-state index is 6.31. The van der Waals surface area contributed by atoms with Gasteiger partial charge in [-0.1, -0.05) is 25.3 Å². The highest BCUT2D eigenvalue weighted by Crippen LogP contribution is 2.45. The van der Waals surface area contributed by atoms with Crippen LogP contribution in [0.1, 0.15) is 62.6 Å². The monoisotopic (exact) mass is 314 g/mol. The number of benzene rings is 1. The van der Waals surface area contributed by atoms with Gasteiger partial charge in [-0.25, -0.2) is 4.99 Å². The number of ether oxygens (including phenoxy) is 1. The highest BCUT2D eigenvalue weighted by Gasteiger charge is 2.39. The van der Waals surface area contributed by atoms with Gasteiger partial charge in [0.1, 0.15) is 0 Å². The van der Waals surface area contributed by atoms with Crippen LogP contribution >= 0.6 is 0 Å². The van der Waals surface area contributed by atoms with Gasteiger partial charge in [0.2, 0.25) is 0 Å². The molecule has 0 N–H and O–H groups in total. The Hall–Kier alpha value is -1.35. The predicted octanol–water partition coefficient (Wildman–Crippen LogP) is 4.73. The first kappa shape index (κ1) is 16.5. The van der Waals surface area contributed by atoms with E-state index in [9.17, 15) is 0 Å². The van der Waals surface area contributed by atoms with Crippen molar-refractivity contribution in [1.82, 2.24) is 4.90 Å². The van der Waals surface area contributed by atoms with Gasteiger partial charge in [-0.2, -0.15) is 0 Å². The van der Waals surface area contributed by atoms with Gasteiger partial charge >= 0.3 is 0 Å². The van der Waals surface area contributed by atoms with Gasteiger partial charge in [0.15, 0.2) is 0 Å². The van der Waals surface area contributed by atoms with Crippen molar-refractivity contribution in [1.29, 1.82) is 0 Å². The Morgan fingerprint density at radius 1 is 1.22 bits per heavy atom. The molecule has 1 saturated carbocycles. The van der Waals surface area contributed by atoms with Gasteiger partial charge in [0.05, 0.1) is 24.2 Å². The van der Waals surface area contributed by atoms with Crippen LogP contribution in [-0.4, -0.2) is 30.9 Å². The van der Waals surface area contributed by atoms with Crippen molar-refractivity contribution < 1.29 is 4.74 Å². The molecule has 0 aromatic heterocycles. The number of nitrogens with zero attached hydrogens (tertiary/aromatic N) is 2. The van der Waals surface area contributed by atoms with Crippen molar-refractivity contribution in [2.24, 2.45) is 4.99 Å². The predicted molar refractivity (Wildman–Crippen MR) is 96.6 cm³/mol. The van der Waals surface area contributed by atoms with Crippen LogP contribution in [0.25, 0.3) is 0 Å². The number of fused-ring (bicyclic) bond motifs is 2. The van der Waals surface area contributed by atoms with Gasteiger partial charge < -0.3 is 9.64 Å². The van der Waals surface area contributed by atoms with E-state index in [2.05, 4.69) is 44.9 Å². The Labute approximate surface area is 140 Å². The van der Waals surface area contributed by atoms with E-state index in [0.29, 0.717) is 6.04 Å². The Bertz CT molecular complexity index is 586. The third-order valence-electron chi connectivity index (χ3n) is 5.52. The van der Waals surface area contributed by atoms with E-state index in [4.69, 9.17) is 9.73 Å². The maximum atomic E-state index is 6.31. The molecule has 3 heteroatoms. The van der Waals surface area contributed by atoms with Crippen LogP contribution in [0.3, 0.4) is 0 Å². The zero-order valence-corrected chi connectivity index (χ0v) is 15.1. The number of hydrogen-bond donors (Lipinski definition) is 0. The molecule has 1 aliphatic heterocycles. The first-order valence-corrected chi connectivity index (χ1v) is 9.06. The average molecular weight is 314 g/mol. The fourth-order valence-corrected chi connectivity index (χ4v) is 3.77. The molecule has 3 rings (SSSR count). The Morgan fingerprint density at radius 3 is 2.65 bits per heavy atom. The minimum Gasteiger partial charge on any atom is -0.370 e. The zero-order valence-electron chi connectivity index (χ0n) is 15.1. The summed E-state index contributed by atoms with van der Waals surface area (Å²) in [5, 5.41) is 0. The van der Waals surface area contributed by atoms with E-state index >= 15 is 0 Å². The van der Waals surface area contributed by atoms with Gasteiger partial charge in [-0.05, 0) is 62.8 Å². The van der Waals surface area contributed by atoms with E-state index in [-0.39, 0.29) is 5.60 Å². The Kier molecular flexibility index (Phi) is 4.77. The molecule has 1 aromatic carbocycles. The van der Waals surface area contributed by atoms with Crippen LogP contribution in [0.5, 0.6) is 0 Å². The van der Waals surface area contributed by atoms with Crippen molar-refractivity contribution in [2.45, 2.75) is 70.9 Å². The minimum atomic E-state index is -0.00639. The molecule has 0 bridgehead atoms. The molecule has 0 radical (unpaired) electrons. The molecule has 126 valence electrons. The molecular formula is C20H30N2O. The Morgan fingerprint density at radius 2 is 1.96 bits per heavy atom. The van der Waals surface area contributed by atoms with Gasteiger partial charge in [-0.15, -0.1) is 0 Å². The lowest BCUT2D eigenvalue weighted by Gasteiger charge is -2.42. The van der Waals surface area contributed by atoms with E-state index in [1.54, 1.807) is 0 Å². The standard InChI is InChI=1S/C20H30N2O/c1-15(2)22(4)14-21-19-13-17-8-11-23-20(9-6-5-7-10-20)18(17)12-16(19)3/h12-15H,5-11H2,1-4H3. The SMILES string of the molecule is Cc1cc2c(cc1N=CN(C)C(C)C)CCOC21CCCCC1. The number of aryl methyl sites for hydroxylation is 1. The second-order valence-corrected chi connectivity index (χ2v) is 7.45. The third-order valence-corrected chi connectivity index (χ3v) is 5.52. The molecule has 2 aliphatic rings. The molecule has 0 amide bonds. The normalized spacial score (nSPS) is 20.2. The maximum Gasteiger partial charge on any atom is 0.0934 e. The third kappa shape index (κ3) is 3.30. The lowest BCUT2D eigenvalue weighted by Crippen LogP contribution is -2.37. The molecule has 1 aromatic rings. The van der Waals surface area contributed by atoms with Crippen molar-refractivity contribution in [3.05, 3.63) is 28.8 Å². The lowest BCUT2D eigenvalue weighted by atomic mass is 9.75. The molecule has 0 atom stereocenters. The topological polar surface area (TPSA) is 24.8 Å². The molecule has 1 heterocycles. The van der Waals surface area contributed by atoms with Crippen molar-refractivity contribution in [3.63, 3.8) is 0 Å². The fourth-order valence-electron chi connectivity index (χ4n) is 3.77. The van der Waals surface area contributed by atoms with Crippen LogP contribution in [0.2, 0.25) is 0 Å². The summed E-state index contributed by atoms with van der Waals surface area (Å²) in [4.78, 5) is 6.87. The first-order valence-electron chi connectivity index (χ1n) is 9.06. The van der Waals surface area contributed by atoms with E-state index in [1.807, 2.05) is 6.34 Å². The molecule has 3 nitrogen and oxygen atoms in total. The number of rotatable bonds is 3. The number of aliphatic imine (C=N–C) groups is 1. The van der Waals surface area contributed by atoms with Crippen molar-refractivity contribution in [2.75, 3.05) is 13.7 Å². The largest absolute Gasteiger partial charge is 0.370 e. The lowest BCUT2D eigenvalue weighted by molar-refractivity contribution is -0.0847. The smallest absolute Gasteiger partial charge is 0.0934 e. The van der Waals surface area contributed by atoms with Gasteiger partial charge in [-0.3, -0.25) is 0 Å². The van der Waals surface area contributed by atoms with E-state index < -0.39 is 0 Å². The molecule has 1 spiro atoms. The zero-order chi connectivity index (χ0) is 16.4. The highest BCUT2D eigenvalue weighted by atomic mass is 16.5. The summed E-state index contributed by atoms with van der Waals surface area (Å²) in [7, 11) is 2.08. The molecule has 1 fully saturated rings. The summed E-state index contributed by atoms with van der Waals surface area (Å²) >= 11 is 0.